The Bertz CT molecular complexity index is 457. The summed E-state index contributed by atoms with van der Waals surface area (Å²) >= 11 is 6.07. The average Bonchev–Trinajstić information content (AvgIpc) is 2.57. The van der Waals surface area contributed by atoms with Gasteiger partial charge in [0.25, 0.3) is 5.91 Å². The molecule has 1 aliphatic heterocycles. The number of nitrogens with zero attached hydrogens (tertiary/aromatic N) is 1. The van der Waals surface area contributed by atoms with E-state index in [9.17, 15) is 4.79 Å². The number of carbonyl (C=O) groups is 1. The van der Waals surface area contributed by atoms with Crippen molar-refractivity contribution >= 4 is 23.2 Å². The van der Waals surface area contributed by atoms with E-state index in [-0.39, 0.29) is 11.4 Å². The van der Waals surface area contributed by atoms with Crippen LogP contribution in [0.2, 0.25) is 5.02 Å². The van der Waals surface area contributed by atoms with E-state index in [2.05, 4.69) is 13.8 Å². The fourth-order valence-corrected chi connectivity index (χ4v) is 2.60. The van der Waals surface area contributed by atoms with Crippen LogP contribution in [0.5, 0.6) is 0 Å². The molecule has 0 atom stereocenters. The maximum atomic E-state index is 12.4. The van der Waals surface area contributed by atoms with Crippen LogP contribution in [0.25, 0.3) is 0 Å². The Morgan fingerprint density at radius 2 is 2.18 bits per heavy atom. The van der Waals surface area contributed by atoms with E-state index in [4.69, 9.17) is 17.3 Å². The summed E-state index contributed by atoms with van der Waals surface area (Å²) in [6.45, 7) is 4.97. The van der Waals surface area contributed by atoms with E-state index in [0.29, 0.717) is 16.3 Å². The third kappa shape index (κ3) is 2.25. The van der Waals surface area contributed by atoms with Gasteiger partial charge in [-0.05, 0) is 44.9 Å². The summed E-state index contributed by atoms with van der Waals surface area (Å²) in [6, 6.07) is 5.04. The van der Waals surface area contributed by atoms with Gasteiger partial charge in [-0.3, -0.25) is 4.79 Å². The lowest BCUT2D eigenvalue weighted by atomic mass is 10.0. The molecule has 0 spiro atoms. The first kappa shape index (κ1) is 12.2. The highest BCUT2D eigenvalue weighted by atomic mass is 35.5. The fraction of sp³-hybridized carbons (Fsp3) is 0.462. The Kier molecular flexibility index (Phi) is 3.04. The number of nitrogens with two attached hydrogens (primary N) is 1. The predicted octanol–water partition coefficient (Wildman–Crippen LogP) is 2.94. The van der Waals surface area contributed by atoms with E-state index in [1.807, 2.05) is 4.90 Å². The van der Waals surface area contributed by atoms with E-state index in [0.717, 1.165) is 19.4 Å². The maximum absolute atomic E-state index is 12.4. The molecule has 17 heavy (non-hydrogen) atoms. The first-order valence-electron chi connectivity index (χ1n) is 5.79. The highest BCUT2D eigenvalue weighted by molar-refractivity contribution is 6.34. The number of carbonyl (C=O) groups excluding carboxylic acids is 1. The van der Waals surface area contributed by atoms with Crippen LogP contribution in [-0.4, -0.2) is 22.9 Å². The van der Waals surface area contributed by atoms with E-state index in [1.54, 1.807) is 18.2 Å². The number of hydrogen-bond acceptors (Lipinski definition) is 2. The number of hydrogen-bond donors (Lipinski definition) is 1. The molecule has 2 rings (SSSR count). The molecule has 1 saturated heterocycles. The monoisotopic (exact) mass is 252 g/mol. The van der Waals surface area contributed by atoms with Crippen molar-refractivity contribution in [2.45, 2.75) is 32.2 Å². The van der Waals surface area contributed by atoms with Gasteiger partial charge in [0.1, 0.15) is 0 Å². The molecule has 3 nitrogen and oxygen atoms in total. The topological polar surface area (TPSA) is 46.3 Å². The number of rotatable bonds is 1. The van der Waals surface area contributed by atoms with Gasteiger partial charge in [-0.15, -0.1) is 0 Å². The predicted molar refractivity (Wildman–Crippen MR) is 70.2 cm³/mol. The van der Waals surface area contributed by atoms with Crippen LogP contribution in [0.15, 0.2) is 18.2 Å². The molecule has 1 fully saturated rings. The first-order valence-corrected chi connectivity index (χ1v) is 6.16. The molecule has 1 heterocycles. The van der Waals surface area contributed by atoms with Gasteiger partial charge in [0.15, 0.2) is 0 Å². The molecule has 1 aromatic carbocycles. The van der Waals surface area contributed by atoms with Crippen molar-refractivity contribution in [2.24, 2.45) is 0 Å². The zero-order valence-electron chi connectivity index (χ0n) is 10.2. The minimum absolute atomic E-state index is 0.00231. The van der Waals surface area contributed by atoms with Gasteiger partial charge in [-0.2, -0.15) is 0 Å². The van der Waals surface area contributed by atoms with Crippen LogP contribution >= 0.6 is 11.6 Å². The van der Waals surface area contributed by atoms with Crippen LogP contribution in [0.3, 0.4) is 0 Å². The minimum Gasteiger partial charge on any atom is -0.399 e. The van der Waals surface area contributed by atoms with Crippen LogP contribution in [0.1, 0.15) is 37.0 Å². The van der Waals surface area contributed by atoms with E-state index < -0.39 is 0 Å². The molecule has 0 radical (unpaired) electrons. The lowest BCUT2D eigenvalue weighted by Gasteiger charge is -2.32. The first-order chi connectivity index (χ1) is 7.92. The third-order valence-electron chi connectivity index (χ3n) is 3.37. The molecular formula is C13H17ClN2O. The summed E-state index contributed by atoms with van der Waals surface area (Å²) in [5, 5.41) is 0.428. The van der Waals surface area contributed by atoms with Crippen molar-refractivity contribution < 1.29 is 4.79 Å². The lowest BCUT2D eigenvalue weighted by Crippen LogP contribution is -2.42. The van der Waals surface area contributed by atoms with Gasteiger partial charge >= 0.3 is 0 Å². The Labute approximate surface area is 107 Å². The third-order valence-corrected chi connectivity index (χ3v) is 3.68. The van der Waals surface area contributed by atoms with Crippen molar-refractivity contribution in [3.8, 4) is 0 Å². The van der Waals surface area contributed by atoms with Crippen LogP contribution in [0, 0.1) is 0 Å². The molecule has 1 amide bonds. The second kappa shape index (κ2) is 4.22. The zero-order chi connectivity index (χ0) is 12.6. The Hall–Kier alpha value is -1.22. The zero-order valence-corrected chi connectivity index (χ0v) is 10.9. The summed E-state index contributed by atoms with van der Waals surface area (Å²) in [4.78, 5) is 14.3. The summed E-state index contributed by atoms with van der Waals surface area (Å²) < 4.78 is 0. The molecular weight excluding hydrogens is 236 g/mol. The van der Waals surface area contributed by atoms with E-state index in [1.165, 1.54) is 0 Å². The van der Waals surface area contributed by atoms with Crippen LogP contribution < -0.4 is 5.73 Å². The normalized spacial score (nSPS) is 18.4. The number of likely N-dealkylation sites (tertiary alicyclic amines) is 1. The van der Waals surface area contributed by atoms with Gasteiger partial charge < -0.3 is 10.6 Å². The molecule has 0 saturated carbocycles. The second-order valence-corrected chi connectivity index (χ2v) is 5.52. The molecule has 4 heteroatoms. The van der Waals surface area contributed by atoms with Crippen LogP contribution in [0.4, 0.5) is 5.69 Å². The van der Waals surface area contributed by atoms with Crippen molar-refractivity contribution in [2.75, 3.05) is 12.3 Å². The number of anilines is 1. The minimum atomic E-state index is -0.0815. The molecule has 0 unspecified atom stereocenters. The number of halogens is 1. The maximum Gasteiger partial charge on any atom is 0.255 e. The molecule has 2 N–H and O–H groups in total. The summed E-state index contributed by atoms with van der Waals surface area (Å²) in [7, 11) is 0. The van der Waals surface area contributed by atoms with Gasteiger partial charge in [-0.25, -0.2) is 0 Å². The summed E-state index contributed by atoms with van der Waals surface area (Å²) in [6.07, 6.45) is 2.08. The molecule has 92 valence electrons. The number of benzene rings is 1. The number of nitrogen functional groups attached to an aromatic ring is 1. The fourth-order valence-electron chi connectivity index (χ4n) is 2.33. The molecule has 1 aliphatic rings. The molecule has 0 aromatic heterocycles. The van der Waals surface area contributed by atoms with Crippen molar-refractivity contribution in [1.29, 1.82) is 0 Å². The van der Waals surface area contributed by atoms with Crippen LogP contribution in [-0.2, 0) is 0 Å². The van der Waals surface area contributed by atoms with Gasteiger partial charge in [0.05, 0.1) is 10.6 Å². The Morgan fingerprint density at radius 1 is 1.47 bits per heavy atom. The molecule has 0 bridgehead atoms. The van der Waals surface area contributed by atoms with Gasteiger partial charge in [0, 0.05) is 17.8 Å². The largest absolute Gasteiger partial charge is 0.399 e. The number of amides is 1. The average molecular weight is 253 g/mol. The quantitative estimate of drug-likeness (QED) is 0.781. The Morgan fingerprint density at radius 3 is 2.71 bits per heavy atom. The smallest absolute Gasteiger partial charge is 0.255 e. The molecule has 1 aromatic rings. The SMILES string of the molecule is CC1(C)CCCN1C(=O)c1ccc(N)cc1Cl. The highest BCUT2D eigenvalue weighted by Crippen LogP contribution is 2.31. The lowest BCUT2D eigenvalue weighted by molar-refractivity contribution is 0.0652. The standard InChI is InChI=1S/C13H17ClN2O/c1-13(2)6-3-7-16(13)12(17)10-5-4-9(15)8-11(10)14/h4-5,8H,3,6-7,15H2,1-2H3. The Balaban J connectivity index is 2.31. The van der Waals surface area contributed by atoms with E-state index >= 15 is 0 Å². The highest BCUT2D eigenvalue weighted by Gasteiger charge is 2.36. The molecule has 0 aliphatic carbocycles. The summed E-state index contributed by atoms with van der Waals surface area (Å²) in [5.74, 6) is -0.00231. The summed E-state index contributed by atoms with van der Waals surface area (Å²) in [5.41, 5.74) is 6.66. The van der Waals surface area contributed by atoms with Crippen molar-refractivity contribution in [3.63, 3.8) is 0 Å². The van der Waals surface area contributed by atoms with Gasteiger partial charge in [-0.1, -0.05) is 11.6 Å². The van der Waals surface area contributed by atoms with Crippen molar-refractivity contribution in [3.05, 3.63) is 28.8 Å². The second-order valence-electron chi connectivity index (χ2n) is 5.11. The van der Waals surface area contributed by atoms with Crippen molar-refractivity contribution in [1.82, 2.24) is 4.90 Å². The van der Waals surface area contributed by atoms with Gasteiger partial charge in [0.2, 0.25) is 0 Å².